The molecule has 2 rings (SSSR count). The fraction of sp³-hybridized carbons (Fsp3) is 0.267. The number of amides is 2. The molecule has 0 saturated carbocycles. The van der Waals surface area contributed by atoms with Gasteiger partial charge in [0.2, 0.25) is 5.88 Å². The first kappa shape index (κ1) is 16.8. The largest absolute Gasteiger partial charge is 0.480 e. The number of hydrogen-bond acceptors (Lipinski definition) is 6. The molecule has 8 heteroatoms. The molecule has 23 heavy (non-hydrogen) atoms. The smallest absolute Gasteiger partial charge is 0.338 e. The summed E-state index contributed by atoms with van der Waals surface area (Å²) in [4.78, 5) is 25.9. The zero-order valence-corrected chi connectivity index (χ0v) is 13.8. The highest BCUT2D eigenvalue weighted by Gasteiger charge is 2.11. The van der Waals surface area contributed by atoms with E-state index >= 15 is 0 Å². The molecule has 0 atom stereocenters. The molecule has 2 aromatic rings. The van der Waals surface area contributed by atoms with Gasteiger partial charge in [0.15, 0.2) is 0 Å². The van der Waals surface area contributed by atoms with Gasteiger partial charge in [0.05, 0.1) is 17.6 Å². The Morgan fingerprint density at radius 2 is 2.09 bits per heavy atom. The highest BCUT2D eigenvalue weighted by atomic mass is 32.1. The Morgan fingerprint density at radius 3 is 2.74 bits per heavy atom. The number of nitrogens with one attached hydrogen (secondary N) is 1. The molecule has 122 valence electrons. The van der Waals surface area contributed by atoms with Crippen LogP contribution >= 0.6 is 11.5 Å². The molecule has 0 unspecified atom stereocenters. The van der Waals surface area contributed by atoms with Crippen molar-refractivity contribution in [3.63, 3.8) is 0 Å². The highest BCUT2D eigenvalue weighted by molar-refractivity contribution is 7.05. The van der Waals surface area contributed by atoms with E-state index in [4.69, 9.17) is 9.47 Å². The average Bonchev–Trinajstić information content (AvgIpc) is 3.00. The van der Waals surface area contributed by atoms with Crippen molar-refractivity contribution in [2.24, 2.45) is 0 Å². The van der Waals surface area contributed by atoms with Crippen molar-refractivity contribution in [3.05, 3.63) is 40.8 Å². The van der Waals surface area contributed by atoms with Crippen LogP contribution in [0.1, 0.15) is 15.2 Å². The lowest BCUT2D eigenvalue weighted by molar-refractivity contribution is 0.0476. The molecule has 2 amide bonds. The molecule has 0 aliphatic carbocycles. The molecule has 1 heterocycles. The summed E-state index contributed by atoms with van der Waals surface area (Å²) in [5.41, 5.74) is 0.885. The second-order valence-corrected chi connectivity index (χ2v) is 5.71. The van der Waals surface area contributed by atoms with E-state index in [2.05, 4.69) is 9.69 Å². The van der Waals surface area contributed by atoms with Gasteiger partial charge in [-0.15, -0.1) is 0 Å². The maximum Gasteiger partial charge on any atom is 0.338 e. The molecule has 0 fully saturated rings. The number of nitrogens with zero attached hydrogens (tertiary/aromatic N) is 2. The highest BCUT2D eigenvalue weighted by Crippen LogP contribution is 2.18. The second kappa shape index (κ2) is 7.59. The predicted molar refractivity (Wildman–Crippen MR) is 86.9 cm³/mol. The van der Waals surface area contributed by atoms with Crippen molar-refractivity contribution in [3.8, 4) is 5.88 Å². The number of benzene rings is 1. The summed E-state index contributed by atoms with van der Waals surface area (Å²) in [6.07, 6.45) is 0. The summed E-state index contributed by atoms with van der Waals surface area (Å²) in [6, 6.07) is 8.01. The van der Waals surface area contributed by atoms with Crippen LogP contribution in [-0.4, -0.2) is 42.5 Å². The van der Waals surface area contributed by atoms with Gasteiger partial charge < -0.3 is 19.7 Å². The van der Waals surface area contributed by atoms with Gasteiger partial charge in [0.25, 0.3) is 0 Å². The van der Waals surface area contributed by atoms with E-state index in [1.54, 1.807) is 44.4 Å². The van der Waals surface area contributed by atoms with E-state index in [1.807, 2.05) is 0 Å². The van der Waals surface area contributed by atoms with Crippen molar-refractivity contribution in [2.75, 3.05) is 26.5 Å². The van der Waals surface area contributed by atoms with E-state index in [0.29, 0.717) is 17.1 Å². The van der Waals surface area contributed by atoms with E-state index in [1.165, 1.54) is 23.5 Å². The molecule has 0 saturated heterocycles. The summed E-state index contributed by atoms with van der Waals surface area (Å²) >= 11 is 1.21. The van der Waals surface area contributed by atoms with Gasteiger partial charge in [0.1, 0.15) is 6.61 Å². The maximum atomic E-state index is 12.1. The molecule has 1 N–H and O–H groups in total. The van der Waals surface area contributed by atoms with Gasteiger partial charge in [-0.1, -0.05) is 6.07 Å². The lowest BCUT2D eigenvalue weighted by atomic mass is 10.2. The van der Waals surface area contributed by atoms with Crippen molar-refractivity contribution >= 4 is 29.2 Å². The molecule has 0 radical (unpaired) electrons. The number of hydrogen-bond donors (Lipinski definition) is 1. The first-order chi connectivity index (χ1) is 11.0. The summed E-state index contributed by atoms with van der Waals surface area (Å²) in [5, 5.41) is 2.68. The number of rotatable bonds is 5. The number of ether oxygens (including phenoxy) is 2. The number of methoxy groups -OCH3 is 1. The van der Waals surface area contributed by atoms with Crippen molar-refractivity contribution < 1.29 is 19.1 Å². The molecular weight excluding hydrogens is 318 g/mol. The van der Waals surface area contributed by atoms with Gasteiger partial charge in [-0.05, 0) is 29.7 Å². The molecule has 7 nitrogen and oxygen atoms in total. The third kappa shape index (κ3) is 4.68. The van der Waals surface area contributed by atoms with Crippen molar-refractivity contribution in [1.82, 2.24) is 9.27 Å². The fourth-order valence-electron chi connectivity index (χ4n) is 1.64. The van der Waals surface area contributed by atoms with Crippen LogP contribution in [0.3, 0.4) is 0 Å². The Kier molecular flexibility index (Phi) is 5.53. The standard InChI is InChI=1S/C15H17N3O4S/c1-18(2)15(20)16-11-6-4-5-10(7-11)14(19)22-9-12-8-13(21-3)17-23-12/h4-8H,9H2,1-3H3,(H,16,20). The molecule has 1 aromatic heterocycles. The number of carbonyl (C=O) groups excluding carboxylic acids is 2. The van der Waals surface area contributed by atoms with Gasteiger partial charge in [-0.25, -0.2) is 9.59 Å². The molecule has 0 bridgehead atoms. The Morgan fingerprint density at radius 1 is 1.30 bits per heavy atom. The van der Waals surface area contributed by atoms with Gasteiger partial charge >= 0.3 is 12.0 Å². The van der Waals surface area contributed by atoms with Gasteiger partial charge in [0, 0.05) is 25.8 Å². The van der Waals surface area contributed by atoms with Crippen LogP contribution in [0.2, 0.25) is 0 Å². The normalized spacial score (nSPS) is 10.0. The molecule has 1 aromatic carbocycles. The van der Waals surface area contributed by atoms with Crippen LogP contribution in [0.4, 0.5) is 10.5 Å². The van der Waals surface area contributed by atoms with Crippen molar-refractivity contribution in [1.29, 1.82) is 0 Å². The van der Waals surface area contributed by atoms with E-state index in [0.717, 1.165) is 4.88 Å². The Bertz CT molecular complexity index is 700. The monoisotopic (exact) mass is 335 g/mol. The Balaban J connectivity index is 1.97. The molecule has 0 spiro atoms. The lowest BCUT2D eigenvalue weighted by Gasteiger charge is -2.12. The van der Waals surface area contributed by atoms with Crippen LogP contribution in [0.5, 0.6) is 5.88 Å². The number of esters is 1. The number of anilines is 1. The van der Waals surface area contributed by atoms with Crippen LogP contribution in [0, 0.1) is 0 Å². The molecular formula is C15H17N3O4S. The van der Waals surface area contributed by atoms with E-state index in [-0.39, 0.29) is 12.6 Å². The SMILES string of the molecule is COc1cc(COC(=O)c2cccc(NC(=O)N(C)C)c2)sn1. The summed E-state index contributed by atoms with van der Waals surface area (Å²) < 4.78 is 14.2. The molecule has 0 aliphatic heterocycles. The van der Waals surface area contributed by atoms with Gasteiger partial charge in [-0.2, -0.15) is 4.37 Å². The van der Waals surface area contributed by atoms with Crippen LogP contribution in [-0.2, 0) is 11.3 Å². The average molecular weight is 335 g/mol. The number of aromatic nitrogens is 1. The number of carbonyl (C=O) groups is 2. The van der Waals surface area contributed by atoms with Gasteiger partial charge in [-0.3, -0.25) is 0 Å². The Hall–Kier alpha value is -2.61. The lowest BCUT2D eigenvalue weighted by Crippen LogP contribution is -2.27. The van der Waals surface area contributed by atoms with Crippen molar-refractivity contribution in [2.45, 2.75) is 6.61 Å². The zero-order chi connectivity index (χ0) is 16.8. The summed E-state index contributed by atoms with van der Waals surface area (Å²) in [6.45, 7) is 0.119. The maximum absolute atomic E-state index is 12.1. The fourth-order valence-corrected chi connectivity index (χ4v) is 2.24. The summed E-state index contributed by atoms with van der Waals surface area (Å²) in [5.74, 6) is 0.0211. The minimum atomic E-state index is -0.474. The summed E-state index contributed by atoms with van der Waals surface area (Å²) in [7, 11) is 4.80. The zero-order valence-electron chi connectivity index (χ0n) is 13.0. The minimum absolute atomic E-state index is 0.119. The first-order valence-electron chi connectivity index (χ1n) is 6.74. The van der Waals surface area contributed by atoms with E-state index < -0.39 is 5.97 Å². The third-order valence-corrected chi connectivity index (χ3v) is 3.59. The molecule has 0 aliphatic rings. The second-order valence-electron chi connectivity index (χ2n) is 4.82. The van der Waals surface area contributed by atoms with E-state index in [9.17, 15) is 9.59 Å². The quantitative estimate of drug-likeness (QED) is 0.850. The first-order valence-corrected chi connectivity index (χ1v) is 7.52. The minimum Gasteiger partial charge on any atom is -0.480 e. The predicted octanol–water partition coefficient (Wildman–Crippen LogP) is 2.60. The number of urea groups is 1. The van der Waals surface area contributed by atoms with Crippen LogP contribution in [0.15, 0.2) is 30.3 Å². The third-order valence-electron chi connectivity index (χ3n) is 2.85. The topological polar surface area (TPSA) is 80.8 Å². The Labute approximate surface area is 138 Å². The van der Waals surface area contributed by atoms with Crippen LogP contribution in [0.25, 0.3) is 0 Å². The van der Waals surface area contributed by atoms with Crippen LogP contribution < -0.4 is 10.1 Å².